The molecule has 0 unspecified atom stereocenters. The lowest BCUT2D eigenvalue weighted by molar-refractivity contribution is -0.0689. The highest BCUT2D eigenvalue weighted by Crippen LogP contribution is 2.28. The van der Waals surface area contributed by atoms with Gasteiger partial charge in [-0.2, -0.15) is 4.31 Å². The Kier molecular flexibility index (Phi) is 4.94. The van der Waals surface area contributed by atoms with Gasteiger partial charge in [0.1, 0.15) is 4.90 Å². The van der Waals surface area contributed by atoms with Crippen LogP contribution in [0.15, 0.2) is 27.6 Å². The fourth-order valence-electron chi connectivity index (χ4n) is 2.31. The molecule has 1 aromatic rings. The van der Waals surface area contributed by atoms with Crippen LogP contribution in [0.5, 0.6) is 0 Å². The standard InChI is InChI=1S/C13H19BrN2O4S/c1-16(9-13(17)4-6-20-7-5-13)21(18,19)12-8-10(14)2-3-11(12)15/h2-3,8,17H,4-7,9,15H2,1H3. The minimum atomic E-state index is -3.75. The van der Waals surface area contributed by atoms with Crippen LogP contribution in [0.2, 0.25) is 0 Å². The average Bonchev–Trinajstić information content (AvgIpc) is 2.41. The third kappa shape index (κ3) is 3.75. The summed E-state index contributed by atoms with van der Waals surface area (Å²) in [5, 5.41) is 10.4. The van der Waals surface area contributed by atoms with Crippen molar-refractivity contribution in [2.75, 3.05) is 32.5 Å². The molecule has 8 heteroatoms. The van der Waals surface area contributed by atoms with Crippen LogP contribution in [0, 0.1) is 0 Å². The first-order valence-corrected chi connectivity index (χ1v) is 8.79. The lowest BCUT2D eigenvalue weighted by Crippen LogP contribution is -2.47. The van der Waals surface area contributed by atoms with E-state index >= 15 is 0 Å². The van der Waals surface area contributed by atoms with Gasteiger partial charge in [-0.15, -0.1) is 0 Å². The van der Waals surface area contributed by atoms with E-state index < -0.39 is 15.6 Å². The van der Waals surface area contributed by atoms with E-state index in [0.29, 0.717) is 30.5 Å². The molecular formula is C13H19BrN2O4S. The predicted octanol–water partition coefficient (Wildman–Crippen LogP) is 1.19. The van der Waals surface area contributed by atoms with E-state index in [9.17, 15) is 13.5 Å². The van der Waals surface area contributed by atoms with Gasteiger partial charge in [0.15, 0.2) is 0 Å². The number of hydrogen-bond acceptors (Lipinski definition) is 5. The maximum absolute atomic E-state index is 12.6. The first-order valence-electron chi connectivity index (χ1n) is 6.56. The molecule has 1 aliphatic heterocycles. The first-order chi connectivity index (χ1) is 9.74. The van der Waals surface area contributed by atoms with E-state index in [2.05, 4.69) is 15.9 Å². The minimum Gasteiger partial charge on any atom is -0.398 e. The van der Waals surface area contributed by atoms with Gasteiger partial charge in [-0.1, -0.05) is 15.9 Å². The molecule has 0 bridgehead atoms. The number of benzene rings is 1. The zero-order valence-corrected chi connectivity index (χ0v) is 14.2. The SMILES string of the molecule is CN(CC1(O)CCOCC1)S(=O)(=O)c1cc(Br)ccc1N. The molecule has 1 aliphatic rings. The highest BCUT2D eigenvalue weighted by Gasteiger charge is 2.35. The van der Waals surface area contributed by atoms with Crippen molar-refractivity contribution < 1.29 is 18.3 Å². The number of rotatable bonds is 4. The van der Waals surface area contributed by atoms with E-state index in [4.69, 9.17) is 10.5 Å². The molecule has 0 aromatic heterocycles. The van der Waals surface area contributed by atoms with Crippen molar-refractivity contribution in [2.45, 2.75) is 23.3 Å². The molecule has 0 atom stereocenters. The summed E-state index contributed by atoms with van der Waals surface area (Å²) in [6.45, 7) is 0.886. The largest absolute Gasteiger partial charge is 0.398 e. The first kappa shape index (κ1) is 16.7. The molecule has 21 heavy (non-hydrogen) atoms. The Bertz CT molecular complexity index is 615. The molecule has 6 nitrogen and oxygen atoms in total. The maximum atomic E-state index is 12.6. The summed E-state index contributed by atoms with van der Waals surface area (Å²) < 4.78 is 32.2. The molecule has 0 spiro atoms. The van der Waals surface area contributed by atoms with Crippen LogP contribution in [-0.4, -0.2) is 50.2 Å². The molecule has 0 saturated carbocycles. The fourth-order valence-corrected chi connectivity index (χ4v) is 4.21. The van der Waals surface area contributed by atoms with Gasteiger partial charge in [-0.25, -0.2) is 8.42 Å². The normalized spacial score (nSPS) is 18.9. The molecule has 1 aromatic carbocycles. The summed E-state index contributed by atoms with van der Waals surface area (Å²) in [4.78, 5) is 0.0371. The Labute approximate surface area is 133 Å². The fraction of sp³-hybridized carbons (Fsp3) is 0.538. The van der Waals surface area contributed by atoms with E-state index in [1.165, 1.54) is 19.2 Å². The lowest BCUT2D eigenvalue weighted by Gasteiger charge is -2.35. The molecule has 0 radical (unpaired) electrons. The van der Waals surface area contributed by atoms with E-state index in [1.54, 1.807) is 6.07 Å². The molecule has 0 amide bonds. The molecular weight excluding hydrogens is 360 g/mol. The van der Waals surface area contributed by atoms with Crippen LogP contribution >= 0.6 is 15.9 Å². The number of aliphatic hydroxyl groups is 1. The van der Waals surface area contributed by atoms with Crippen LogP contribution in [0.4, 0.5) is 5.69 Å². The van der Waals surface area contributed by atoms with E-state index in [1.807, 2.05) is 0 Å². The molecule has 1 heterocycles. The number of halogens is 1. The zero-order chi connectivity index (χ0) is 15.7. The topological polar surface area (TPSA) is 92.9 Å². The third-order valence-corrected chi connectivity index (χ3v) is 5.96. The quantitative estimate of drug-likeness (QED) is 0.767. The molecule has 2 rings (SSSR count). The highest BCUT2D eigenvalue weighted by molar-refractivity contribution is 9.10. The molecule has 118 valence electrons. The van der Waals surface area contributed by atoms with Crippen molar-refractivity contribution in [3.63, 3.8) is 0 Å². The highest BCUT2D eigenvalue weighted by atomic mass is 79.9. The summed E-state index contributed by atoms with van der Waals surface area (Å²) in [5.41, 5.74) is 4.90. The van der Waals surface area contributed by atoms with Crippen LogP contribution < -0.4 is 5.73 Å². The zero-order valence-electron chi connectivity index (χ0n) is 11.8. The summed E-state index contributed by atoms with van der Waals surface area (Å²) in [5.74, 6) is 0. The number of nitrogen functional groups attached to an aromatic ring is 1. The number of hydrogen-bond donors (Lipinski definition) is 2. The molecule has 1 fully saturated rings. The maximum Gasteiger partial charge on any atom is 0.245 e. The van der Waals surface area contributed by atoms with Crippen LogP contribution in [-0.2, 0) is 14.8 Å². The van der Waals surface area contributed by atoms with Crippen LogP contribution in [0.3, 0.4) is 0 Å². The van der Waals surface area contributed by atoms with Crippen molar-refractivity contribution in [1.29, 1.82) is 0 Å². The summed E-state index contributed by atoms with van der Waals surface area (Å²) >= 11 is 3.24. The predicted molar refractivity (Wildman–Crippen MR) is 83.4 cm³/mol. The number of nitrogens with two attached hydrogens (primary N) is 1. The molecule has 3 N–H and O–H groups in total. The van der Waals surface area contributed by atoms with Crippen molar-refractivity contribution >= 4 is 31.6 Å². The number of nitrogens with zero attached hydrogens (tertiary/aromatic N) is 1. The van der Waals surface area contributed by atoms with Gasteiger partial charge in [-0.05, 0) is 18.2 Å². The van der Waals surface area contributed by atoms with Gasteiger partial charge in [0.05, 0.1) is 11.3 Å². The van der Waals surface area contributed by atoms with Crippen LogP contribution in [0.25, 0.3) is 0 Å². The molecule has 0 aliphatic carbocycles. The Hall–Kier alpha value is -0.670. The number of likely N-dealkylation sites (N-methyl/N-ethyl adjacent to an activating group) is 1. The third-order valence-electron chi connectivity index (χ3n) is 3.60. The monoisotopic (exact) mass is 378 g/mol. The van der Waals surface area contributed by atoms with Gasteiger partial charge in [0.2, 0.25) is 10.0 Å². The minimum absolute atomic E-state index is 0.0185. The number of sulfonamides is 1. The van der Waals surface area contributed by atoms with Gasteiger partial charge in [0, 0.05) is 44.1 Å². The second kappa shape index (κ2) is 6.21. The molecule has 1 saturated heterocycles. The van der Waals surface area contributed by atoms with E-state index in [-0.39, 0.29) is 17.1 Å². The van der Waals surface area contributed by atoms with Crippen molar-refractivity contribution in [3.8, 4) is 0 Å². The Morgan fingerprint density at radius 3 is 2.67 bits per heavy atom. The van der Waals surface area contributed by atoms with Crippen LogP contribution in [0.1, 0.15) is 12.8 Å². The number of anilines is 1. The summed E-state index contributed by atoms with van der Waals surface area (Å²) in [6, 6.07) is 4.68. The second-order valence-corrected chi connectivity index (χ2v) is 8.21. The Balaban J connectivity index is 2.24. The van der Waals surface area contributed by atoms with Gasteiger partial charge in [-0.3, -0.25) is 0 Å². The Morgan fingerprint density at radius 1 is 1.43 bits per heavy atom. The summed E-state index contributed by atoms with van der Waals surface area (Å²) in [7, 11) is -2.30. The van der Waals surface area contributed by atoms with E-state index in [0.717, 1.165) is 4.31 Å². The van der Waals surface area contributed by atoms with Crippen molar-refractivity contribution in [1.82, 2.24) is 4.31 Å². The van der Waals surface area contributed by atoms with Gasteiger partial charge in [0.25, 0.3) is 0 Å². The lowest BCUT2D eigenvalue weighted by atomic mass is 9.95. The smallest absolute Gasteiger partial charge is 0.245 e. The van der Waals surface area contributed by atoms with Crippen molar-refractivity contribution in [2.24, 2.45) is 0 Å². The van der Waals surface area contributed by atoms with Gasteiger partial charge < -0.3 is 15.6 Å². The second-order valence-electron chi connectivity index (χ2n) is 5.28. The van der Waals surface area contributed by atoms with Gasteiger partial charge >= 0.3 is 0 Å². The average molecular weight is 379 g/mol. The summed E-state index contributed by atoms with van der Waals surface area (Å²) in [6.07, 6.45) is 0.835. The Morgan fingerprint density at radius 2 is 2.05 bits per heavy atom. The van der Waals surface area contributed by atoms with Crippen molar-refractivity contribution in [3.05, 3.63) is 22.7 Å². The number of ether oxygens (including phenoxy) is 1.